The van der Waals surface area contributed by atoms with Gasteiger partial charge in [-0.05, 0) is 69.4 Å². The molecule has 0 aromatic carbocycles. The molecular formula is C21H34N2O. The first kappa shape index (κ1) is 16.8. The van der Waals surface area contributed by atoms with Crippen molar-refractivity contribution < 1.29 is 5.11 Å². The molecule has 0 radical (unpaired) electrons. The Morgan fingerprint density at radius 1 is 1.08 bits per heavy atom. The van der Waals surface area contributed by atoms with E-state index in [4.69, 9.17) is 0 Å². The Morgan fingerprint density at radius 3 is 2.58 bits per heavy atom. The van der Waals surface area contributed by atoms with Crippen molar-refractivity contribution in [2.24, 2.45) is 28.6 Å². The van der Waals surface area contributed by atoms with E-state index in [0.29, 0.717) is 29.3 Å². The van der Waals surface area contributed by atoms with Gasteiger partial charge in [0.25, 0.3) is 0 Å². The Kier molecular flexibility index (Phi) is 3.98. The number of allylic oxidation sites excluding steroid dienone is 1. The van der Waals surface area contributed by atoms with Gasteiger partial charge in [-0.15, -0.1) is 0 Å². The molecule has 0 amide bonds. The van der Waals surface area contributed by atoms with Gasteiger partial charge in [-0.2, -0.15) is 0 Å². The van der Waals surface area contributed by atoms with E-state index in [9.17, 15) is 5.11 Å². The summed E-state index contributed by atoms with van der Waals surface area (Å²) in [5.74, 6) is 2.20. The van der Waals surface area contributed by atoms with Crippen molar-refractivity contribution in [2.75, 3.05) is 14.1 Å². The van der Waals surface area contributed by atoms with Crippen LogP contribution in [-0.4, -0.2) is 37.4 Å². The molecule has 4 aliphatic rings. The standard InChI is InChI=1S/C21H34N2O/c1-20-9-7-14(24)11-13(20)12-17(22-3)19-15-5-6-18(23-4)21(15,2)10-8-16(19)20/h7,9,12,14-19,22-24H,5-6,8,10-11H2,1-4H3/t14?,15-,16+,17?,18?,19-,20-,21-/m0/s1. The predicted octanol–water partition coefficient (Wildman–Crippen LogP) is 2.87. The van der Waals surface area contributed by atoms with E-state index >= 15 is 0 Å². The largest absolute Gasteiger partial charge is 0.389 e. The lowest BCUT2D eigenvalue weighted by molar-refractivity contribution is -0.0274. The second kappa shape index (κ2) is 5.69. The minimum absolute atomic E-state index is 0.149. The van der Waals surface area contributed by atoms with E-state index in [1.165, 1.54) is 31.3 Å². The molecule has 0 aromatic heterocycles. The van der Waals surface area contributed by atoms with E-state index in [0.717, 1.165) is 12.3 Å². The van der Waals surface area contributed by atoms with Crippen LogP contribution in [-0.2, 0) is 0 Å². The number of likely N-dealkylation sites (N-methyl/N-ethyl adjacent to an activating group) is 1. The molecule has 2 saturated carbocycles. The molecule has 134 valence electrons. The van der Waals surface area contributed by atoms with Gasteiger partial charge in [0.1, 0.15) is 0 Å². The molecule has 3 heteroatoms. The molecule has 3 N–H and O–H groups in total. The lowest BCUT2D eigenvalue weighted by Gasteiger charge is -2.58. The highest BCUT2D eigenvalue weighted by molar-refractivity contribution is 5.35. The average molecular weight is 331 g/mol. The molecule has 2 fully saturated rings. The summed E-state index contributed by atoms with van der Waals surface area (Å²) < 4.78 is 0. The highest BCUT2D eigenvalue weighted by Crippen LogP contribution is 2.63. The van der Waals surface area contributed by atoms with Crippen molar-refractivity contribution >= 4 is 0 Å². The van der Waals surface area contributed by atoms with Crippen molar-refractivity contribution in [3.8, 4) is 0 Å². The summed E-state index contributed by atoms with van der Waals surface area (Å²) in [5, 5.41) is 17.4. The first-order chi connectivity index (χ1) is 11.4. The average Bonchev–Trinajstić information content (AvgIpc) is 2.91. The number of nitrogens with one attached hydrogen (secondary N) is 2. The van der Waals surface area contributed by atoms with Crippen molar-refractivity contribution in [1.29, 1.82) is 0 Å². The summed E-state index contributed by atoms with van der Waals surface area (Å²) in [5.41, 5.74) is 2.05. The van der Waals surface area contributed by atoms with Crippen molar-refractivity contribution in [3.05, 3.63) is 23.8 Å². The molecule has 4 aliphatic carbocycles. The highest BCUT2D eigenvalue weighted by Gasteiger charge is 2.59. The Hall–Kier alpha value is -0.640. The van der Waals surface area contributed by atoms with Crippen LogP contribution in [0, 0.1) is 28.6 Å². The number of hydrogen-bond donors (Lipinski definition) is 3. The molecule has 3 nitrogen and oxygen atoms in total. The summed E-state index contributed by atoms with van der Waals surface area (Å²) in [6, 6.07) is 1.12. The molecule has 3 unspecified atom stereocenters. The van der Waals surface area contributed by atoms with Crippen LogP contribution in [0.15, 0.2) is 23.8 Å². The SMILES string of the molecule is CNC1C=C2CC(O)C=C[C@]2(C)[C@@H]2CC[C@]3(C)C(NC)CC[C@H]3[C@H]12. The van der Waals surface area contributed by atoms with Gasteiger partial charge >= 0.3 is 0 Å². The van der Waals surface area contributed by atoms with Crippen LogP contribution >= 0.6 is 0 Å². The second-order valence-corrected chi connectivity index (χ2v) is 9.17. The third kappa shape index (κ3) is 2.14. The molecular weight excluding hydrogens is 296 g/mol. The van der Waals surface area contributed by atoms with Gasteiger partial charge in [-0.1, -0.05) is 37.6 Å². The maximum atomic E-state index is 10.1. The monoisotopic (exact) mass is 330 g/mol. The van der Waals surface area contributed by atoms with Gasteiger partial charge in [-0.25, -0.2) is 0 Å². The van der Waals surface area contributed by atoms with Crippen LogP contribution < -0.4 is 10.6 Å². The molecule has 24 heavy (non-hydrogen) atoms. The molecule has 0 aromatic rings. The zero-order valence-electron chi connectivity index (χ0n) is 15.7. The van der Waals surface area contributed by atoms with Gasteiger partial charge in [0, 0.05) is 17.5 Å². The molecule has 4 rings (SSSR count). The van der Waals surface area contributed by atoms with Crippen LogP contribution in [0.3, 0.4) is 0 Å². The maximum absolute atomic E-state index is 10.1. The first-order valence-electron chi connectivity index (χ1n) is 9.87. The second-order valence-electron chi connectivity index (χ2n) is 9.17. The van der Waals surface area contributed by atoms with Gasteiger partial charge in [0.05, 0.1) is 6.10 Å². The Balaban J connectivity index is 1.76. The molecule has 0 bridgehead atoms. The van der Waals surface area contributed by atoms with Gasteiger partial charge < -0.3 is 15.7 Å². The molecule has 0 saturated heterocycles. The smallest absolute Gasteiger partial charge is 0.0758 e. The zero-order valence-corrected chi connectivity index (χ0v) is 15.7. The molecule has 0 heterocycles. The quantitative estimate of drug-likeness (QED) is 0.682. The fourth-order valence-corrected chi connectivity index (χ4v) is 7.01. The van der Waals surface area contributed by atoms with Gasteiger partial charge in [0.2, 0.25) is 0 Å². The van der Waals surface area contributed by atoms with E-state index in [1.54, 1.807) is 0 Å². The highest BCUT2D eigenvalue weighted by atomic mass is 16.3. The van der Waals surface area contributed by atoms with E-state index in [-0.39, 0.29) is 11.5 Å². The normalized spacial score (nSPS) is 53.1. The summed E-state index contributed by atoms with van der Waals surface area (Å²) in [7, 11) is 4.26. The summed E-state index contributed by atoms with van der Waals surface area (Å²) >= 11 is 0. The van der Waals surface area contributed by atoms with E-state index < -0.39 is 0 Å². The minimum Gasteiger partial charge on any atom is -0.389 e. The Labute approximate surface area is 147 Å². The van der Waals surface area contributed by atoms with Crippen LogP contribution in [0.2, 0.25) is 0 Å². The van der Waals surface area contributed by atoms with Crippen LogP contribution in [0.25, 0.3) is 0 Å². The fourth-order valence-electron chi connectivity index (χ4n) is 7.01. The lowest BCUT2D eigenvalue weighted by Crippen LogP contribution is -2.57. The zero-order chi connectivity index (χ0) is 17.1. The van der Waals surface area contributed by atoms with Crippen molar-refractivity contribution in [3.63, 3.8) is 0 Å². The number of fused-ring (bicyclic) bond motifs is 5. The fraction of sp³-hybridized carbons (Fsp3) is 0.810. The van der Waals surface area contributed by atoms with Crippen LogP contribution in [0.5, 0.6) is 0 Å². The number of hydrogen-bond acceptors (Lipinski definition) is 3. The maximum Gasteiger partial charge on any atom is 0.0758 e. The third-order valence-corrected chi connectivity index (χ3v) is 8.37. The molecule has 8 atom stereocenters. The molecule has 0 spiro atoms. The van der Waals surface area contributed by atoms with E-state index in [2.05, 4.69) is 50.7 Å². The third-order valence-electron chi connectivity index (χ3n) is 8.37. The topological polar surface area (TPSA) is 44.3 Å². The van der Waals surface area contributed by atoms with Crippen molar-refractivity contribution in [1.82, 2.24) is 10.6 Å². The van der Waals surface area contributed by atoms with Crippen LogP contribution in [0.4, 0.5) is 0 Å². The first-order valence-corrected chi connectivity index (χ1v) is 9.87. The summed E-state index contributed by atoms with van der Waals surface area (Å²) in [4.78, 5) is 0. The number of rotatable bonds is 2. The van der Waals surface area contributed by atoms with Gasteiger partial charge in [0.15, 0.2) is 0 Å². The van der Waals surface area contributed by atoms with Crippen molar-refractivity contribution in [2.45, 2.75) is 64.1 Å². The van der Waals surface area contributed by atoms with Crippen LogP contribution in [0.1, 0.15) is 46.0 Å². The van der Waals surface area contributed by atoms with E-state index in [1.807, 2.05) is 6.08 Å². The van der Waals surface area contributed by atoms with Gasteiger partial charge in [-0.3, -0.25) is 0 Å². The Morgan fingerprint density at radius 2 is 1.88 bits per heavy atom. The predicted molar refractivity (Wildman–Crippen MR) is 98.7 cm³/mol. The summed E-state index contributed by atoms with van der Waals surface area (Å²) in [6.07, 6.45) is 12.7. The minimum atomic E-state index is -0.299. The number of aliphatic hydroxyl groups excluding tert-OH is 1. The molecule has 0 aliphatic heterocycles. The Bertz CT molecular complexity index is 570. The summed E-state index contributed by atoms with van der Waals surface area (Å²) in [6.45, 7) is 4.97. The lowest BCUT2D eigenvalue weighted by atomic mass is 9.48. The number of aliphatic hydroxyl groups is 1.